The normalized spacial score (nSPS) is 16.5. The number of alkyl halides is 3. The zero-order valence-electron chi connectivity index (χ0n) is 17.8. The van der Waals surface area contributed by atoms with Gasteiger partial charge in [-0.25, -0.2) is 4.98 Å². The van der Waals surface area contributed by atoms with Crippen LogP contribution in [0, 0.1) is 13.8 Å². The molecule has 172 valence electrons. The smallest absolute Gasteiger partial charge is 0.381 e. The van der Waals surface area contributed by atoms with E-state index in [1.807, 2.05) is 13.8 Å². The highest BCUT2D eigenvalue weighted by Gasteiger charge is 2.37. The van der Waals surface area contributed by atoms with E-state index in [0.717, 1.165) is 21.6 Å². The number of aliphatic imine (C=N–C) groups is 1. The van der Waals surface area contributed by atoms with Crippen molar-refractivity contribution in [1.82, 2.24) is 15.6 Å². The molecule has 0 unspecified atom stereocenters. The van der Waals surface area contributed by atoms with Crippen LogP contribution in [0.4, 0.5) is 13.2 Å². The molecule has 0 aliphatic carbocycles. The number of aromatic nitrogens is 1. The Morgan fingerprint density at radius 3 is 2.52 bits per heavy atom. The molecule has 0 saturated carbocycles. The standard InChI is InChI=1S/C21H27F3N4OS.HI/c1-14-18(30-15(2)28-14)12-26-19(25-3)27-13-20(7-9-29-10-8-20)16-5-4-6-17(11-16)21(22,23)24;/h4-6,11H,7-10,12-13H2,1-3H3,(H2,25,26,27);1H. The summed E-state index contributed by atoms with van der Waals surface area (Å²) < 4.78 is 45.2. The first kappa shape index (κ1) is 25.9. The molecule has 0 bridgehead atoms. The van der Waals surface area contributed by atoms with E-state index in [0.29, 0.717) is 50.7 Å². The summed E-state index contributed by atoms with van der Waals surface area (Å²) in [5.74, 6) is 0.610. The van der Waals surface area contributed by atoms with E-state index < -0.39 is 17.2 Å². The van der Waals surface area contributed by atoms with E-state index in [1.165, 1.54) is 12.1 Å². The average Bonchev–Trinajstić information content (AvgIpc) is 3.05. The summed E-state index contributed by atoms with van der Waals surface area (Å²) >= 11 is 1.63. The van der Waals surface area contributed by atoms with Crippen LogP contribution in [-0.4, -0.2) is 37.7 Å². The second-order valence-corrected chi connectivity index (χ2v) is 8.78. The van der Waals surface area contributed by atoms with Crippen molar-refractivity contribution in [1.29, 1.82) is 0 Å². The van der Waals surface area contributed by atoms with Gasteiger partial charge in [-0.15, -0.1) is 35.3 Å². The Kier molecular flexibility index (Phi) is 9.14. The van der Waals surface area contributed by atoms with E-state index in [9.17, 15) is 13.2 Å². The van der Waals surface area contributed by atoms with Crippen LogP contribution in [0.2, 0.25) is 0 Å². The van der Waals surface area contributed by atoms with E-state index in [4.69, 9.17) is 4.74 Å². The van der Waals surface area contributed by atoms with E-state index in [-0.39, 0.29) is 24.0 Å². The van der Waals surface area contributed by atoms with E-state index in [1.54, 1.807) is 24.5 Å². The van der Waals surface area contributed by atoms with Gasteiger partial charge >= 0.3 is 6.18 Å². The molecule has 2 aromatic rings. The van der Waals surface area contributed by atoms with Gasteiger partial charge in [-0.05, 0) is 38.3 Å². The molecule has 1 aromatic carbocycles. The molecular formula is C21H28F3IN4OS. The monoisotopic (exact) mass is 568 g/mol. The molecule has 31 heavy (non-hydrogen) atoms. The van der Waals surface area contributed by atoms with Gasteiger partial charge in [0.25, 0.3) is 0 Å². The average molecular weight is 568 g/mol. The fourth-order valence-electron chi connectivity index (χ4n) is 3.73. The van der Waals surface area contributed by atoms with Gasteiger partial charge in [0.1, 0.15) is 0 Å². The summed E-state index contributed by atoms with van der Waals surface area (Å²) in [5, 5.41) is 7.61. The lowest BCUT2D eigenvalue weighted by molar-refractivity contribution is -0.137. The molecule has 1 aliphatic heterocycles. The Morgan fingerprint density at radius 1 is 1.23 bits per heavy atom. The lowest BCUT2D eigenvalue weighted by Gasteiger charge is -2.38. The molecule has 1 aromatic heterocycles. The first-order chi connectivity index (χ1) is 14.2. The highest BCUT2D eigenvalue weighted by Crippen LogP contribution is 2.37. The maximum absolute atomic E-state index is 13.3. The molecule has 5 nitrogen and oxygen atoms in total. The molecule has 1 aliphatic rings. The van der Waals surface area contributed by atoms with Gasteiger partial charge in [0.05, 0.1) is 22.8 Å². The SMILES string of the molecule is CN=C(NCc1sc(C)nc1C)NCC1(c2cccc(C(F)(F)F)c2)CCOCC1.I. The molecular weight excluding hydrogens is 540 g/mol. The molecule has 0 radical (unpaired) electrons. The molecule has 3 rings (SSSR count). The minimum Gasteiger partial charge on any atom is -0.381 e. The van der Waals surface area contributed by atoms with Gasteiger partial charge < -0.3 is 15.4 Å². The lowest BCUT2D eigenvalue weighted by atomic mass is 9.73. The van der Waals surface area contributed by atoms with Crippen molar-refractivity contribution in [3.8, 4) is 0 Å². The number of nitrogens with one attached hydrogen (secondary N) is 2. The number of halogens is 4. The number of nitrogens with zero attached hydrogens (tertiary/aromatic N) is 2. The van der Waals surface area contributed by atoms with Crippen LogP contribution in [0.25, 0.3) is 0 Å². The highest BCUT2D eigenvalue weighted by molar-refractivity contribution is 14.0. The number of aryl methyl sites for hydroxylation is 2. The zero-order valence-corrected chi connectivity index (χ0v) is 21.0. The Balaban J connectivity index is 0.00000341. The van der Waals surface area contributed by atoms with Crippen molar-refractivity contribution in [3.63, 3.8) is 0 Å². The van der Waals surface area contributed by atoms with Gasteiger partial charge in [0.2, 0.25) is 0 Å². The predicted molar refractivity (Wildman–Crippen MR) is 128 cm³/mol. The van der Waals surface area contributed by atoms with Crippen LogP contribution in [0.5, 0.6) is 0 Å². The molecule has 1 saturated heterocycles. The van der Waals surface area contributed by atoms with Crippen LogP contribution in [0.1, 0.15) is 39.5 Å². The van der Waals surface area contributed by atoms with Crippen molar-refractivity contribution in [2.75, 3.05) is 26.8 Å². The maximum atomic E-state index is 13.3. The number of rotatable bonds is 5. The van der Waals surface area contributed by atoms with Crippen molar-refractivity contribution >= 4 is 41.3 Å². The zero-order chi connectivity index (χ0) is 21.8. The molecule has 0 amide bonds. The number of hydrogen-bond donors (Lipinski definition) is 2. The highest BCUT2D eigenvalue weighted by atomic mass is 127. The lowest BCUT2D eigenvalue weighted by Crippen LogP contribution is -2.48. The fraction of sp³-hybridized carbons (Fsp3) is 0.524. The third kappa shape index (κ3) is 6.55. The van der Waals surface area contributed by atoms with Crippen LogP contribution in [-0.2, 0) is 22.9 Å². The third-order valence-corrected chi connectivity index (χ3v) is 6.56. The summed E-state index contributed by atoms with van der Waals surface area (Å²) in [6.45, 7) is 6.04. The molecule has 0 atom stereocenters. The topological polar surface area (TPSA) is 58.5 Å². The van der Waals surface area contributed by atoms with Crippen LogP contribution < -0.4 is 10.6 Å². The minimum atomic E-state index is -4.36. The van der Waals surface area contributed by atoms with Crippen LogP contribution >= 0.6 is 35.3 Å². The van der Waals surface area contributed by atoms with Crippen molar-refractivity contribution in [2.45, 2.75) is 44.8 Å². The Labute approximate surface area is 201 Å². The Morgan fingerprint density at radius 2 is 1.94 bits per heavy atom. The fourth-order valence-corrected chi connectivity index (χ4v) is 4.61. The molecule has 2 N–H and O–H groups in total. The second kappa shape index (κ2) is 11.0. The summed E-state index contributed by atoms with van der Waals surface area (Å²) in [6, 6.07) is 5.65. The summed E-state index contributed by atoms with van der Waals surface area (Å²) in [4.78, 5) is 9.83. The maximum Gasteiger partial charge on any atom is 0.416 e. The minimum absolute atomic E-state index is 0. The Bertz CT molecular complexity index is 895. The predicted octanol–water partition coefficient (Wildman–Crippen LogP) is 4.81. The third-order valence-electron chi connectivity index (χ3n) is 5.49. The van der Waals surface area contributed by atoms with Gasteiger partial charge in [-0.2, -0.15) is 13.2 Å². The number of hydrogen-bond acceptors (Lipinski definition) is 4. The van der Waals surface area contributed by atoms with Gasteiger partial charge in [0.15, 0.2) is 5.96 Å². The van der Waals surface area contributed by atoms with Crippen molar-refractivity contribution in [3.05, 3.63) is 51.0 Å². The molecule has 1 fully saturated rings. The first-order valence-corrected chi connectivity index (χ1v) is 10.7. The van der Waals surface area contributed by atoms with Gasteiger partial charge in [0, 0.05) is 37.1 Å². The number of thiazole rings is 1. The number of benzene rings is 1. The summed E-state index contributed by atoms with van der Waals surface area (Å²) in [7, 11) is 1.68. The van der Waals surface area contributed by atoms with E-state index in [2.05, 4.69) is 20.6 Å². The summed E-state index contributed by atoms with van der Waals surface area (Å²) in [5.41, 5.74) is 0.598. The number of ether oxygens (including phenoxy) is 1. The Hall–Kier alpha value is -1.40. The molecule has 0 spiro atoms. The van der Waals surface area contributed by atoms with Gasteiger partial charge in [-0.3, -0.25) is 4.99 Å². The molecule has 2 heterocycles. The van der Waals surface area contributed by atoms with Crippen molar-refractivity contribution in [2.24, 2.45) is 4.99 Å². The van der Waals surface area contributed by atoms with E-state index >= 15 is 0 Å². The summed E-state index contributed by atoms with van der Waals surface area (Å²) in [6.07, 6.45) is -3.07. The second-order valence-electron chi connectivity index (χ2n) is 7.49. The van der Waals surface area contributed by atoms with Crippen molar-refractivity contribution < 1.29 is 17.9 Å². The molecule has 10 heteroatoms. The van der Waals surface area contributed by atoms with Gasteiger partial charge in [-0.1, -0.05) is 18.2 Å². The quantitative estimate of drug-likeness (QED) is 0.309. The van der Waals surface area contributed by atoms with Crippen LogP contribution in [0.3, 0.4) is 0 Å². The largest absolute Gasteiger partial charge is 0.416 e. The first-order valence-electron chi connectivity index (χ1n) is 9.86. The number of guanidine groups is 1. The van der Waals surface area contributed by atoms with Crippen LogP contribution in [0.15, 0.2) is 29.3 Å².